The first kappa shape index (κ1) is 17.2. The van der Waals surface area contributed by atoms with E-state index in [4.69, 9.17) is 0 Å². The van der Waals surface area contributed by atoms with E-state index in [1.54, 1.807) is 0 Å². The summed E-state index contributed by atoms with van der Waals surface area (Å²) in [6.45, 7) is 5.67. The first-order chi connectivity index (χ1) is 9.69. The van der Waals surface area contributed by atoms with Crippen LogP contribution in [0.5, 0.6) is 0 Å². The largest absolute Gasteiger partial charge is 0.359 e. The highest BCUT2D eigenvalue weighted by Gasteiger charge is 2.14. The van der Waals surface area contributed by atoms with Crippen molar-refractivity contribution in [2.45, 2.75) is 37.9 Å². The Balaban J connectivity index is 2.69. The summed E-state index contributed by atoms with van der Waals surface area (Å²) in [5, 5.41) is 5.61. The van der Waals surface area contributed by atoms with Crippen LogP contribution in [0.4, 0.5) is 0 Å². The van der Waals surface area contributed by atoms with Crippen LogP contribution in [0, 0.1) is 0 Å². The van der Waals surface area contributed by atoms with Gasteiger partial charge in [0.1, 0.15) is 0 Å². The van der Waals surface area contributed by atoms with E-state index < -0.39 is 0 Å². The number of nitrogens with one attached hydrogen (secondary N) is 3. The zero-order valence-corrected chi connectivity index (χ0v) is 13.4. The zero-order valence-electron chi connectivity index (χ0n) is 12.6. The van der Waals surface area contributed by atoms with Crippen LogP contribution in [0.2, 0.25) is 0 Å². The standard InChI is InChI=1S/C13H20N4O3S/c1-13(2,3)17-11(20)7-21-12-15-8(5-9(18)14-4)6-10(19)16-12/h6H,5,7H2,1-4H3,(H,14,18)(H,17,20)(H,15,16,19). The molecule has 0 spiro atoms. The topological polar surface area (TPSA) is 104 Å². The zero-order chi connectivity index (χ0) is 16.0. The Bertz CT molecular complexity index is 578. The third-order valence-electron chi connectivity index (χ3n) is 2.25. The molecule has 2 amide bonds. The van der Waals surface area contributed by atoms with Gasteiger partial charge in [-0.05, 0) is 20.8 Å². The van der Waals surface area contributed by atoms with Crippen molar-refractivity contribution >= 4 is 23.6 Å². The van der Waals surface area contributed by atoms with Crippen LogP contribution >= 0.6 is 11.8 Å². The Kier molecular flexibility index (Phi) is 5.95. The molecule has 1 heterocycles. The second-order valence-corrected chi connectivity index (χ2v) is 6.44. The molecule has 0 bridgehead atoms. The Hall–Kier alpha value is -1.83. The molecule has 0 saturated heterocycles. The monoisotopic (exact) mass is 312 g/mol. The van der Waals surface area contributed by atoms with Crippen molar-refractivity contribution in [3.8, 4) is 0 Å². The average molecular weight is 312 g/mol. The van der Waals surface area contributed by atoms with Crippen LogP contribution in [0.3, 0.4) is 0 Å². The lowest BCUT2D eigenvalue weighted by Gasteiger charge is -2.20. The minimum Gasteiger partial charge on any atom is -0.359 e. The van der Waals surface area contributed by atoms with Gasteiger partial charge in [0.05, 0.1) is 17.9 Å². The number of hydrogen-bond acceptors (Lipinski definition) is 5. The molecule has 0 aliphatic carbocycles. The number of nitrogens with zero attached hydrogens (tertiary/aromatic N) is 1. The molecule has 7 nitrogen and oxygen atoms in total. The van der Waals surface area contributed by atoms with Crippen molar-refractivity contribution in [1.82, 2.24) is 20.6 Å². The Labute approximate surface area is 127 Å². The molecule has 21 heavy (non-hydrogen) atoms. The number of aromatic amines is 1. The van der Waals surface area contributed by atoms with Crippen molar-refractivity contribution in [2.75, 3.05) is 12.8 Å². The van der Waals surface area contributed by atoms with Crippen LogP contribution in [0.1, 0.15) is 26.5 Å². The van der Waals surface area contributed by atoms with Gasteiger partial charge in [0, 0.05) is 18.7 Å². The molecule has 1 rings (SSSR count). The minimum atomic E-state index is -0.345. The smallest absolute Gasteiger partial charge is 0.251 e. The van der Waals surface area contributed by atoms with Gasteiger partial charge in [0.15, 0.2) is 5.16 Å². The molecule has 0 aliphatic rings. The number of carbonyl (C=O) groups excluding carboxylic acids is 2. The first-order valence-corrected chi connectivity index (χ1v) is 7.43. The number of likely N-dealkylation sites (N-methyl/N-ethyl adjacent to an activating group) is 1. The van der Waals surface area contributed by atoms with Crippen molar-refractivity contribution in [1.29, 1.82) is 0 Å². The number of carbonyl (C=O) groups is 2. The maximum atomic E-state index is 11.7. The summed E-state index contributed by atoms with van der Waals surface area (Å²) in [4.78, 5) is 41.2. The quantitative estimate of drug-likeness (QED) is 0.527. The minimum absolute atomic E-state index is 0.0299. The summed E-state index contributed by atoms with van der Waals surface area (Å²) in [5.74, 6) is -0.231. The predicted molar refractivity (Wildman–Crippen MR) is 81.2 cm³/mol. The highest BCUT2D eigenvalue weighted by molar-refractivity contribution is 7.99. The van der Waals surface area contributed by atoms with Crippen molar-refractivity contribution in [3.63, 3.8) is 0 Å². The van der Waals surface area contributed by atoms with E-state index in [9.17, 15) is 14.4 Å². The Morgan fingerprint density at radius 2 is 2.00 bits per heavy atom. The molecule has 0 unspecified atom stereocenters. The molecule has 3 N–H and O–H groups in total. The normalized spacial score (nSPS) is 11.0. The van der Waals surface area contributed by atoms with Crippen LogP contribution in [-0.4, -0.2) is 40.1 Å². The second kappa shape index (κ2) is 7.26. The third-order valence-corrected chi connectivity index (χ3v) is 3.12. The summed E-state index contributed by atoms with van der Waals surface area (Å²) in [5.41, 5.74) is -0.279. The fourth-order valence-corrected chi connectivity index (χ4v) is 2.18. The summed E-state index contributed by atoms with van der Waals surface area (Å²) in [6, 6.07) is 1.27. The molecule has 0 aliphatic heterocycles. The maximum absolute atomic E-state index is 11.7. The molecule has 1 aromatic heterocycles. The van der Waals surface area contributed by atoms with E-state index in [2.05, 4.69) is 20.6 Å². The molecule has 116 valence electrons. The Morgan fingerprint density at radius 1 is 1.33 bits per heavy atom. The molecule has 0 saturated carbocycles. The highest BCUT2D eigenvalue weighted by atomic mass is 32.2. The number of amides is 2. The summed E-state index contributed by atoms with van der Waals surface area (Å²) in [7, 11) is 1.52. The molecular formula is C13H20N4O3S. The summed E-state index contributed by atoms with van der Waals surface area (Å²) in [6.07, 6.45) is 0.0299. The molecule has 0 atom stereocenters. The van der Waals surface area contributed by atoms with Gasteiger partial charge in [-0.2, -0.15) is 0 Å². The van der Waals surface area contributed by atoms with Crippen LogP contribution in [0.15, 0.2) is 16.0 Å². The van der Waals surface area contributed by atoms with Gasteiger partial charge in [0.25, 0.3) is 5.56 Å². The van der Waals surface area contributed by atoms with Crippen molar-refractivity contribution in [2.24, 2.45) is 0 Å². The summed E-state index contributed by atoms with van der Waals surface area (Å²) < 4.78 is 0. The molecule has 8 heteroatoms. The van der Waals surface area contributed by atoms with Gasteiger partial charge >= 0.3 is 0 Å². The van der Waals surface area contributed by atoms with Crippen molar-refractivity contribution < 1.29 is 9.59 Å². The molecule has 0 fully saturated rings. The SMILES string of the molecule is CNC(=O)Cc1cc(=O)[nH]c(SCC(=O)NC(C)(C)C)n1. The first-order valence-electron chi connectivity index (χ1n) is 6.44. The van der Waals surface area contributed by atoms with Crippen LogP contribution in [0.25, 0.3) is 0 Å². The molecular weight excluding hydrogens is 292 g/mol. The van der Waals surface area contributed by atoms with E-state index in [0.29, 0.717) is 10.9 Å². The van der Waals surface area contributed by atoms with Gasteiger partial charge in [-0.1, -0.05) is 11.8 Å². The lowest BCUT2D eigenvalue weighted by molar-refractivity contribution is -0.120. The van der Waals surface area contributed by atoms with Crippen molar-refractivity contribution in [3.05, 3.63) is 22.1 Å². The van der Waals surface area contributed by atoms with Crippen LogP contribution < -0.4 is 16.2 Å². The van der Waals surface area contributed by atoms with Gasteiger partial charge in [-0.3, -0.25) is 14.4 Å². The predicted octanol–water partition coefficient (Wildman–Crippen LogP) is 0.0652. The average Bonchev–Trinajstić information content (AvgIpc) is 2.33. The van der Waals surface area contributed by atoms with E-state index >= 15 is 0 Å². The lowest BCUT2D eigenvalue weighted by atomic mass is 10.1. The lowest BCUT2D eigenvalue weighted by Crippen LogP contribution is -2.41. The van der Waals surface area contributed by atoms with E-state index in [1.807, 2.05) is 20.8 Å². The fraction of sp³-hybridized carbons (Fsp3) is 0.538. The highest BCUT2D eigenvalue weighted by Crippen LogP contribution is 2.12. The number of thioether (sulfide) groups is 1. The maximum Gasteiger partial charge on any atom is 0.251 e. The van der Waals surface area contributed by atoms with E-state index in [-0.39, 0.29) is 35.1 Å². The molecule has 0 radical (unpaired) electrons. The van der Waals surface area contributed by atoms with E-state index in [0.717, 1.165) is 11.8 Å². The molecule has 1 aromatic rings. The number of aromatic nitrogens is 2. The number of rotatable bonds is 5. The number of H-pyrrole nitrogens is 1. The second-order valence-electron chi connectivity index (χ2n) is 5.48. The van der Waals surface area contributed by atoms with Gasteiger partial charge in [-0.15, -0.1) is 0 Å². The fourth-order valence-electron chi connectivity index (χ4n) is 1.48. The van der Waals surface area contributed by atoms with Gasteiger partial charge in [0.2, 0.25) is 11.8 Å². The van der Waals surface area contributed by atoms with Crippen LogP contribution in [-0.2, 0) is 16.0 Å². The van der Waals surface area contributed by atoms with E-state index in [1.165, 1.54) is 13.1 Å². The number of hydrogen-bond donors (Lipinski definition) is 3. The van der Waals surface area contributed by atoms with Gasteiger partial charge in [-0.25, -0.2) is 4.98 Å². The molecule has 0 aromatic carbocycles. The Morgan fingerprint density at radius 3 is 2.57 bits per heavy atom. The third kappa shape index (κ3) is 6.94. The summed E-state index contributed by atoms with van der Waals surface area (Å²) >= 11 is 1.12. The van der Waals surface area contributed by atoms with Gasteiger partial charge < -0.3 is 15.6 Å².